The summed E-state index contributed by atoms with van der Waals surface area (Å²) in [5.41, 5.74) is 2.72. The van der Waals surface area contributed by atoms with Crippen molar-refractivity contribution in [3.05, 3.63) is 59.9 Å². The largest absolute Gasteiger partial charge is 0.494 e. The third kappa shape index (κ3) is 4.91. The summed E-state index contributed by atoms with van der Waals surface area (Å²) in [4.78, 5) is 23.3. The molecule has 0 unspecified atom stereocenters. The number of anilines is 1. The zero-order valence-corrected chi connectivity index (χ0v) is 13.0. The van der Waals surface area contributed by atoms with E-state index in [4.69, 9.17) is 4.74 Å². The summed E-state index contributed by atoms with van der Waals surface area (Å²) in [5, 5.41) is 5.85. The molecule has 0 saturated heterocycles. The fraction of sp³-hybridized carbons (Fsp3) is 0.118. The molecular formula is C17H16FN3O3. The van der Waals surface area contributed by atoms with Crippen LogP contribution in [0.5, 0.6) is 5.75 Å². The summed E-state index contributed by atoms with van der Waals surface area (Å²) >= 11 is 0. The SMILES string of the molecule is CCOc1ccc(C=NNC(=O)C(=O)Nc2ccccc2F)cc1. The predicted octanol–water partition coefficient (Wildman–Crippen LogP) is 2.31. The quantitative estimate of drug-likeness (QED) is 0.502. The number of para-hydroxylation sites is 1. The smallest absolute Gasteiger partial charge is 0.329 e. The van der Waals surface area contributed by atoms with Crippen molar-refractivity contribution in [2.24, 2.45) is 5.10 Å². The van der Waals surface area contributed by atoms with Crippen molar-refractivity contribution in [1.82, 2.24) is 5.43 Å². The zero-order chi connectivity index (χ0) is 17.4. The average Bonchev–Trinajstić information content (AvgIpc) is 2.58. The number of nitrogens with one attached hydrogen (secondary N) is 2. The van der Waals surface area contributed by atoms with Crippen LogP contribution in [0.4, 0.5) is 10.1 Å². The van der Waals surface area contributed by atoms with Crippen LogP contribution in [0.1, 0.15) is 12.5 Å². The van der Waals surface area contributed by atoms with E-state index in [2.05, 4.69) is 15.8 Å². The van der Waals surface area contributed by atoms with Gasteiger partial charge < -0.3 is 10.1 Å². The second-order valence-corrected chi connectivity index (χ2v) is 4.64. The van der Waals surface area contributed by atoms with Gasteiger partial charge in [-0.25, -0.2) is 9.82 Å². The normalized spacial score (nSPS) is 10.4. The van der Waals surface area contributed by atoms with Gasteiger partial charge in [0.15, 0.2) is 0 Å². The molecule has 0 heterocycles. The first-order valence-electron chi connectivity index (χ1n) is 7.22. The molecule has 124 valence electrons. The number of rotatable bonds is 5. The fourth-order valence-electron chi connectivity index (χ4n) is 1.77. The van der Waals surface area contributed by atoms with Gasteiger partial charge in [-0.05, 0) is 48.9 Å². The Hall–Kier alpha value is -3.22. The molecular weight excluding hydrogens is 313 g/mol. The zero-order valence-electron chi connectivity index (χ0n) is 13.0. The number of amides is 2. The maximum absolute atomic E-state index is 13.4. The number of halogens is 1. The van der Waals surface area contributed by atoms with E-state index in [-0.39, 0.29) is 5.69 Å². The van der Waals surface area contributed by atoms with Crippen LogP contribution in [0.2, 0.25) is 0 Å². The molecule has 2 N–H and O–H groups in total. The molecule has 0 atom stereocenters. The Morgan fingerprint density at radius 3 is 2.50 bits per heavy atom. The number of nitrogens with zero attached hydrogens (tertiary/aromatic N) is 1. The van der Waals surface area contributed by atoms with Gasteiger partial charge in [-0.3, -0.25) is 9.59 Å². The minimum atomic E-state index is -1.01. The van der Waals surface area contributed by atoms with E-state index in [0.29, 0.717) is 12.2 Å². The minimum absolute atomic E-state index is 0.0758. The molecule has 2 amide bonds. The summed E-state index contributed by atoms with van der Waals surface area (Å²) in [7, 11) is 0. The van der Waals surface area contributed by atoms with E-state index in [1.165, 1.54) is 24.4 Å². The van der Waals surface area contributed by atoms with Crippen LogP contribution >= 0.6 is 0 Å². The van der Waals surface area contributed by atoms with Crippen LogP contribution < -0.4 is 15.5 Å². The lowest BCUT2D eigenvalue weighted by Gasteiger charge is -2.04. The summed E-state index contributed by atoms with van der Waals surface area (Å²) in [6, 6.07) is 12.6. The van der Waals surface area contributed by atoms with Gasteiger partial charge in [0.25, 0.3) is 0 Å². The highest BCUT2D eigenvalue weighted by Gasteiger charge is 2.14. The highest BCUT2D eigenvalue weighted by molar-refractivity contribution is 6.39. The number of hydrazone groups is 1. The average molecular weight is 329 g/mol. The molecule has 2 aromatic carbocycles. The predicted molar refractivity (Wildman–Crippen MR) is 88.4 cm³/mol. The van der Waals surface area contributed by atoms with E-state index in [1.54, 1.807) is 30.3 Å². The van der Waals surface area contributed by atoms with E-state index < -0.39 is 17.6 Å². The number of carbonyl (C=O) groups excluding carboxylic acids is 2. The second kappa shape index (κ2) is 8.42. The van der Waals surface area contributed by atoms with Crippen molar-refractivity contribution in [3.63, 3.8) is 0 Å². The summed E-state index contributed by atoms with van der Waals surface area (Å²) < 4.78 is 18.7. The Bertz CT molecular complexity index is 745. The third-order valence-electron chi connectivity index (χ3n) is 2.90. The maximum Gasteiger partial charge on any atom is 0.329 e. The van der Waals surface area contributed by atoms with Crippen molar-refractivity contribution < 1.29 is 18.7 Å². The first kappa shape index (κ1) is 17.1. The van der Waals surface area contributed by atoms with Gasteiger partial charge in [-0.15, -0.1) is 0 Å². The monoisotopic (exact) mass is 329 g/mol. The number of hydrogen-bond acceptors (Lipinski definition) is 4. The summed E-state index contributed by atoms with van der Waals surface area (Å²) in [5.74, 6) is -1.91. The third-order valence-corrected chi connectivity index (χ3v) is 2.90. The topological polar surface area (TPSA) is 79.8 Å². The maximum atomic E-state index is 13.4. The number of hydrogen-bond donors (Lipinski definition) is 2. The van der Waals surface area contributed by atoms with E-state index in [9.17, 15) is 14.0 Å². The van der Waals surface area contributed by atoms with Gasteiger partial charge >= 0.3 is 11.8 Å². The molecule has 0 aliphatic heterocycles. The number of carbonyl (C=O) groups is 2. The van der Waals surface area contributed by atoms with Gasteiger partial charge in [-0.2, -0.15) is 5.10 Å². The molecule has 2 aromatic rings. The summed E-state index contributed by atoms with van der Waals surface area (Å²) in [6.45, 7) is 2.46. The Balaban J connectivity index is 1.87. The van der Waals surface area contributed by atoms with Crippen LogP contribution in [0.15, 0.2) is 53.6 Å². The van der Waals surface area contributed by atoms with Crippen LogP contribution in [0, 0.1) is 5.82 Å². The van der Waals surface area contributed by atoms with Crippen molar-refractivity contribution >= 4 is 23.7 Å². The first-order chi connectivity index (χ1) is 11.6. The van der Waals surface area contributed by atoms with Crippen molar-refractivity contribution in [2.75, 3.05) is 11.9 Å². The minimum Gasteiger partial charge on any atom is -0.494 e. The van der Waals surface area contributed by atoms with Gasteiger partial charge in [0.1, 0.15) is 11.6 Å². The first-order valence-corrected chi connectivity index (χ1v) is 7.22. The lowest BCUT2D eigenvalue weighted by Crippen LogP contribution is -2.32. The van der Waals surface area contributed by atoms with Crippen molar-refractivity contribution in [3.8, 4) is 5.75 Å². The Morgan fingerprint density at radius 2 is 1.83 bits per heavy atom. The standard InChI is InChI=1S/C17H16FN3O3/c1-2-24-13-9-7-12(8-10-13)11-19-21-17(23)16(22)20-15-6-4-3-5-14(15)18/h3-11H,2H2,1H3,(H,20,22)(H,21,23). The number of benzene rings is 2. The van der Waals surface area contributed by atoms with Crippen LogP contribution in [0.3, 0.4) is 0 Å². The molecule has 0 bridgehead atoms. The molecule has 7 heteroatoms. The highest BCUT2D eigenvalue weighted by Crippen LogP contribution is 2.12. The van der Waals surface area contributed by atoms with Crippen LogP contribution in [0.25, 0.3) is 0 Å². The molecule has 0 saturated carbocycles. The van der Waals surface area contributed by atoms with E-state index in [1.807, 2.05) is 6.92 Å². The van der Waals surface area contributed by atoms with Gasteiger partial charge in [0, 0.05) is 0 Å². The van der Waals surface area contributed by atoms with Gasteiger partial charge in [-0.1, -0.05) is 12.1 Å². The molecule has 0 aliphatic rings. The summed E-state index contributed by atoms with van der Waals surface area (Å²) in [6.07, 6.45) is 1.38. The van der Waals surface area contributed by atoms with Crippen molar-refractivity contribution in [2.45, 2.75) is 6.92 Å². The Kier molecular flexibility index (Phi) is 6.01. The van der Waals surface area contributed by atoms with Crippen LogP contribution in [-0.2, 0) is 9.59 Å². The molecule has 2 rings (SSSR count). The Labute approximate surface area is 138 Å². The number of ether oxygens (including phenoxy) is 1. The molecule has 0 aromatic heterocycles. The fourth-order valence-corrected chi connectivity index (χ4v) is 1.77. The van der Waals surface area contributed by atoms with Crippen LogP contribution in [-0.4, -0.2) is 24.6 Å². The molecule has 0 fully saturated rings. The Morgan fingerprint density at radius 1 is 1.12 bits per heavy atom. The van der Waals surface area contributed by atoms with Gasteiger partial charge in [0.05, 0.1) is 18.5 Å². The molecule has 0 aliphatic carbocycles. The van der Waals surface area contributed by atoms with Crippen molar-refractivity contribution in [1.29, 1.82) is 0 Å². The molecule has 0 radical (unpaired) electrons. The lowest BCUT2D eigenvalue weighted by molar-refractivity contribution is -0.136. The molecule has 24 heavy (non-hydrogen) atoms. The van der Waals surface area contributed by atoms with E-state index in [0.717, 1.165) is 5.75 Å². The van der Waals surface area contributed by atoms with E-state index >= 15 is 0 Å². The lowest BCUT2D eigenvalue weighted by atomic mass is 10.2. The highest BCUT2D eigenvalue weighted by atomic mass is 19.1. The second-order valence-electron chi connectivity index (χ2n) is 4.64. The molecule has 0 spiro atoms. The molecule has 6 nitrogen and oxygen atoms in total. The van der Waals surface area contributed by atoms with Gasteiger partial charge in [0.2, 0.25) is 0 Å².